The van der Waals surface area contributed by atoms with Crippen LogP contribution in [0.1, 0.15) is 36.1 Å². The highest BCUT2D eigenvalue weighted by atomic mass is 15.2. The predicted octanol–water partition coefficient (Wildman–Crippen LogP) is 9.65. The van der Waals surface area contributed by atoms with Crippen LogP contribution in [0.15, 0.2) is 109 Å². The van der Waals surface area contributed by atoms with E-state index < -0.39 is 0 Å². The highest BCUT2D eigenvalue weighted by Gasteiger charge is 2.37. The van der Waals surface area contributed by atoms with Crippen LogP contribution in [0.5, 0.6) is 0 Å². The van der Waals surface area contributed by atoms with Gasteiger partial charge < -0.3 is 4.90 Å². The van der Waals surface area contributed by atoms with Crippen LogP contribution in [0.2, 0.25) is 0 Å². The molecule has 1 aliphatic heterocycles. The number of hydrogen-bond acceptors (Lipinski definition) is 2. The Hall–Kier alpha value is -4.69. The van der Waals surface area contributed by atoms with E-state index in [9.17, 15) is 0 Å². The maximum absolute atomic E-state index is 4.91. The van der Waals surface area contributed by atoms with Gasteiger partial charge in [0.15, 0.2) is 0 Å². The lowest BCUT2D eigenvalue weighted by molar-refractivity contribution is 0.660. The topological polar surface area (TPSA) is 16.1 Å². The summed E-state index contributed by atoms with van der Waals surface area (Å²) >= 11 is 0. The number of pyridine rings is 1. The van der Waals surface area contributed by atoms with Crippen LogP contribution in [-0.4, -0.2) is 4.98 Å². The Morgan fingerprint density at radius 1 is 0.632 bits per heavy atom. The molecular formula is C36H26N2. The zero-order chi connectivity index (χ0) is 25.4. The molecule has 1 aliphatic carbocycles. The third-order valence-electron chi connectivity index (χ3n) is 8.43. The minimum atomic E-state index is -0.0729. The number of aromatic nitrogens is 1. The van der Waals surface area contributed by atoms with Gasteiger partial charge in [-0.25, -0.2) is 0 Å². The molecule has 2 heteroatoms. The van der Waals surface area contributed by atoms with Gasteiger partial charge in [0.2, 0.25) is 0 Å². The first-order valence-corrected chi connectivity index (χ1v) is 13.2. The zero-order valence-electron chi connectivity index (χ0n) is 21.4. The summed E-state index contributed by atoms with van der Waals surface area (Å²) in [6.07, 6.45) is 6.60. The van der Waals surface area contributed by atoms with Crippen LogP contribution in [0.25, 0.3) is 45.0 Å². The summed E-state index contributed by atoms with van der Waals surface area (Å²) in [5.74, 6) is 0. The van der Waals surface area contributed by atoms with Gasteiger partial charge in [-0.3, -0.25) is 4.98 Å². The summed E-state index contributed by atoms with van der Waals surface area (Å²) in [5.41, 5.74) is 12.2. The number of para-hydroxylation sites is 1. The third kappa shape index (κ3) is 2.92. The maximum atomic E-state index is 4.91. The lowest BCUT2D eigenvalue weighted by Crippen LogP contribution is -2.17. The molecule has 38 heavy (non-hydrogen) atoms. The second kappa shape index (κ2) is 7.66. The van der Waals surface area contributed by atoms with Gasteiger partial charge in [0.1, 0.15) is 0 Å². The van der Waals surface area contributed by atoms with Gasteiger partial charge >= 0.3 is 0 Å². The second-order valence-electron chi connectivity index (χ2n) is 10.9. The van der Waals surface area contributed by atoms with E-state index in [1.54, 1.807) is 0 Å². The van der Waals surface area contributed by atoms with Crippen molar-refractivity contribution in [2.24, 2.45) is 0 Å². The lowest BCUT2D eigenvalue weighted by Gasteiger charge is -2.30. The van der Waals surface area contributed by atoms with E-state index in [0.29, 0.717) is 0 Å². The van der Waals surface area contributed by atoms with Gasteiger partial charge in [0, 0.05) is 22.1 Å². The zero-order valence-corrected chi connectivity index (χ0v) is 21.4. The van der Waals surface area contributed by atoms with Gasteiger partial charge in [0.05, 0.1) is 23.1 Å². The van der Waals surface area contributed by atoms with E-state index in [1.165, 1.54) is 49.8 Å². The molecule has 0 atom stereocenters. The van der Waals surface area contributed by atoms with Crippen molar-refractivity contribution in [1.29, 1.82) is 0 Å². The van der Waals surface area contributed by atoms with Crippen molar-refractivity contribution in [1.82, 2.24) is 4.98 Å². The van der Waals surface area contributed by atoms with E-state index >= 15 is 0 Å². The molecular weight excluding hydrogens is 460 g/mol. The van der Waals surface area contributed by atoms with Crippen LogP contribution < -0.4 is 4.90 Å². The standard InChI is InChI=1S/C36H26N2/c1-36(2)31-13-7-5-11-27(31)30-20-25-16-18-29-28-12-6-8-14-33(28)37-22-35(29)38(34(25)21-32(30)36)26-17-15-23-9-3-4-10-24(23)19-26/h3-22H,1-2H3. The average molecular weight is 487 g/mol. The molecule has 0 radical (unpaired) electrons. The number of rotatable bonds is 1. The summed E-state index contributed by atoms with van der Waals surface area (Å²) in [4.78, 5) is 7.32. The smallest absolute Gasteiger partial charge is 0.0724 e. The van der Waals surface area contributed by atoms with Crippen LogP contribution in [0.3, 0.4) is 0 Å². The van der Waals surface area contributed by atoms with Gasteiger partial charge in [-0.1, -0.05) is 98.8 Å². The number of nitrogens with zero attached hydrogens (tertiary/aromatic N) is 2. The molecule has 0 spiro atoms. The van der Waals surface area contributed by atoms with Gasteiger partial charge in [-0.15, -0.1) is 0 Å². The van der Waals surface area contributed by atoms with E-state index in [1.807, 2.05) is 6.20 Å². The molecule has 0 fully saturated rings. The fourth-order valence-electron chi connectivity index (χ4n) is 6.48. The molecule has 0 amide bonds. The van der Waals surface area contributed by atoms with E-state index in [0.717, 1.165) is 22.3 Å². The molecule has 0 saturated carbocycles. The molecule has 0 saturated heterocycles. The van der Waals surface area contributed by atoms with E-state index in [2.05, 4.69) is 134 Å². The summed E-state index contributed by atoms with van der Waals surface area (Å²) in [6, 6.07) is 37.5. The number of benzene rings is 5. The van der Waals surface area contributed by atoms with Crippen LogP contribution in [0.4, 0.5) is 17.1 Å². The highest BCUT2D eigenvalue weighted by molar-refractivity contribution is 6.04. The van der Waals surface area contributed by atoms with Crippen molar-refractivity contribution in [2.45, 2.75) is 19.3 Å². The average Bonchev–Trinajstić information content (AvgIpc) is 3.07. The molecule has 180 valence electrons. The van der Waals surface area contributed by atoms with Crippen molar-refractivity contribution in [3.8, 4) is 11.1 Å². The number of fused-ring (bicyclic) bond motifs is 8. The first-order valence-electron chi connectivity index (χ1n) is 13.2. The Balaban J connectivity index is 1.45. The summed E-state index contributed by atoms with van der Waals surface area (Å²) in [6.45, 7) is 4.69. The van der Waals surface area contributed by atoms with Gasteiger partial charge in [0.25, 0.3) is 0 Å². The fourth-order valence-corrected chi connectivity index (χ4v) is 6.48. The molecule has 2 aliphatic rings. The normalized spacial score (nSPS) is 14.6. The quantitative estimate of drug-likeness (QED) is 0.230. The van der Waals surface area contributed by atoms with Crippen LogP contribution >= 0.6 is 0 Å². The number of hydrogen-bond donors (Lipinski definition) is 0. The van der Waals surface area contributed by atoms with Gasteiger partial charge in [-0.2, -0.15) is 0 Å². The summed E-state index contributed by atoms with van der Waals surface area (Å²) in [7, 11) is 0. The SMILES string of the molecule is CC1(C)c2ccccc2-c2cc3c(cc21)N(c1ccc2ccccc2c1)c1cnc2ccccc2c1C=C3. The van der Waals surface area contributed by atoms with Crippen LogP contribution in [0, 0.1) is 0 Å². The van der Waals surface area contributed by atoms with Crippen molar-refractivity contribution < 1.29 is 0 Å². The first kappa shape index (κ1) is 21.4. The Kier molecular flexibility index (Phi) is 4.31. The molecule has 8 rings (SSSR count). The van der Waals surface area contributed by atoms with E-state index in [4.69, 9.17) is 4.98 Å². The lowest BCUT2D eigenvalue weighted by atomic mass is 9.82. The van der Waals surface area contributed by atoms with Gasteiger partial charge in [-0.05, 0) is 68.9 Å². The molecule has 0 N–H and O–H groups in total. The Labute approximate surface area is 222 Å². The Bertz CT molecular complexity index is 1960. The molecule has 0 unspecified atom stereocenters. The van der Waals surface area contributed by atoms with Crippen molar-refractivity contribution in [3.05, 3.63) is 132 Å². The summed E-state index contributed by atoms with van der Waals surface area (Å²) < 4.78 is 0. The van der Waals surface area contributed by atoms with Crippen molar-refractivity contribution >= 4 is 50.9 Å². The van der Waals surface area contributed by atoms with Crippen molar-refractivity contribution in [3.63, 3.8) is 0 Å². The minimum absolute atomic E-state index is 0.0729. The Morgan fingerprint density at radius 2 is 1.42 bits per heavy atom. The van der Waals surface area contributed by atoms with Crippen molar-refractivity contribution in [2.75, 3.05) is 4.90 Å². The van der Waals surface area contributed by atoms with Crippen LogP contribution in [-0.2, 0) is 5.41 Å². The molecule has 6 aromatic rings. The Morgan fingerprint density at radius 3 is 2.34 bits per heavy atom. The molecule has 2 heterocycles. The second-order valence-corrected chi connectivity index (χ2v) is 10.9. The molecule has 5 aromatic carbocycles. The largest absolute Gasteiger partial charge is 0.308 e. The van der Waals surface area contributed by atoms with E-state index in [-0.39, 0.29) is 5.41 Å². The third-order valence-corrected chi connectivity index (χ3v) is 8.43. The predicted molar refractivity (Wildman–Crippen MR) is 160 cm³/mol. The monoisotopic (exact) mass is 486 g/mol. The maximum Gasteiger partial charge on any atom is 0.0724 e. The summed E-state index contributed by atoms with van der Waals surface area (Å²) in [5, 5.41) is 3.64. The first-order chi connectivity index (χ1) is 18.6. The minimum Gasteiger partial charge on any atom is -0.308 e. The molecule has 1 aromatic heterocycles. The number of anilines is 3. The highest BCUT2D eigenvalue weighted by Crippen LogP contribution is 2.53. The fraction of sp³-hybridized carbons (Fsp3) is 0.0833. The molecule has 0 bridgehead atoms. The molecule has 2 nitrogen and oxygen atoms in total.